The molecule has 0 heterocycles. The van der Waals surface area contributed by atoms with Crippen molar-refractivity contribution in [3.05, 3.63) is 79.9 Å². The Balaban J connectivity index is 0.000000280. The Kier molecular flexibility index (Phi) is 7.67. The van der Waals surface area contributed by atoms with Gasteiger partial charge in [0.15, 0.2) is 12.2 Å². The van der Waals surface area contributed by atoms with Gasteiger partial charge in [0.2, 0.25) is 0 Å². The van der Waals surface area contributed by atoms with Crippen molar-refractivity contribution in [2.24, 2.45) is 0 Å². The normalized spacial score (nSPS) is 12.1. The maximum absolute atomic E-state index is 10.4. The number of hydrogen-bond donors (Lipinski definition) is 4. The average molecular weight is 394 g/mol. The van der Waals surface area contributed by atoms with Crippen LogP contribution in [0.25, 0.3) is 0 Å². The van der Waals surface area contributed by atoms with Crippen LogP contribution in [0, 0.1) is 20.2 Å². The molecule has 12 heteroatoms. The Morgan fingerprint density at radius 3 is 1.32 bits per heavy atom. The molecule has 0 aliphatic heterocycles. The smallest absolute Gasteiger partial charge is 0.337 e. The van der Waals surface area contributed by atoms with Crippen LogP contribution in [-0.2, 0) is 9.59 Å². The van der Waals surface area contributed by atoms with Crippen LogP contribution in [-0.4, -0.2) is 42.2 Å². The molecule has 12 nitrogen and oxygen atoms in total. The molecule has 0 saturated carbocycles. The molecule has 4 N–H and O–H groups in total. The van der Waals surface area contributed by atoms with Crippen LogP contribution < -0.4 is 0 Å². The first-order valence-electron chi connectivity index (χ1n) is 7.35. The zero-order chi connectivity index (χ0) is 21.4. The van der Waals surface area contributed by atoms with Crippen LogP contribution in [0.5, 0.6) is 0 Å². The van der Waals surface area contributed by atoms with Gasteiger partial charge in [-0.2, -0.15) is 0 Å². The van der Waals surface area contributed by atoms with Crippen molar-refractivity contribution in [3.63, 3.8) is 0 Å². The van der Waals surface area contributed by atoms with Gasteiger partial charge >= 0.3 is 11.9 Å². The van der Waals surface area contributed by atoms with Crippen molar-refractivity contribution in [2.45, 2.75) is 12.2 Å². The van der Waals surface area contributed by atoms with E-state index in [0.717, 1.165) is 12.1 Å². The number of nitro benzene ring substituents is 2. The lowest BCUT2D eigenvalue weighted by molar-refractivity contribution is -0.385. The minimum absolute atomic E-state index is 0.00769. The van der Waals surface area contributed by atoms with E-state index >= 15 is 0 Å². The summed E-state index contributed by atoms with van der Waals surface area (Å²) < 4.78 is 0. The van der Waals surface area contributed by atoms with Gasteiger partial charge in [-0.25, -0.2) is 9.59 Å². The van der Waals surface area contributed by atoms with Crippen LogP contribution in [0.2, 0.25) is 0 Å². The fourth-order valence-electron chi connectivity index (χ4n) is 1.90. The van der Waals surface area contributed by atoms with Crippen LogP contribution in [0.4, 0.5) is 11.4 Å². The summed E-state index contributed by atoms with van der Waals surface area (Å²) >= 11 is 0. The fraction of sp³-hybridized carbons (Fsp3) is 0.125. The largest absolute Gasteiger partial charge is 0.479 e. The number of benzene rings is 2. The number of carboxylic acids is 2. The molecule has 0 saturated heterocycles. The molecule has 28 heavy (non-hydrogen) atoms. The zero-order valence-corrected chi connectivity index (χ0v) is 13.9. The summed E-state index contributed by atoms with van der Waals surface area (Å²) in [4.78, 5) is 40.1. The molecule has 0 aromatic heterocycles. The number of hydrogen-bond acceptors (Lipinski definition) is 8. The highest BCUT2D eigenvalue weighted by molar-refractivity contribution is 5.74. The quantitative estimate of drug-likeness (QED) is 0.410. The number of aliphatic hydroxyl groups excluding tert-OH is 2. The van der Waals surface area contributed by atoms with Gasteiger partial charge in [0.25, 0.3) is 11.4 Å². The topological polar surface area (TPSA) is 201 Å². The standard InChI is InChI=1S/2C8H7NO5/c2*10-7(8(11)12)5-2-1-3-6(4-5)9(13)14/h2*1-4,7,10H,(H,11,12). The first-order chi connectivity index (χ1) is 13.0. The Bertz CT molecular complexity index is 825. The summed E-state index contributed by atoms with van der Waals surface area (Å²) in [5, 5.41) is 55.7. The van der Waals surface area contributed by atoms with Gasteiger partial charge < -0.3 is 20.4 Å². The minimum Gasteiger partial charge on any atom is -0.479 e. The first kappa shape index (κ1) is 22.1. The van der Waals surface area contributed by atoms with Gasteiger partial charge in [0.1, 0.15) is 0 Å². The van der Waals surface area contributed by atoms with E-state index in [4.69, 9.17) is 20.4 Å². The van der Waals surface area contributed by atoms with E-state index in [0.29, 0.717) is 0 Å². The molecular formula is C16H14N2O10. The second kappa shape index (κ2) is 9.70. The van der Waals surface area contributed by atoms with E-state index < -0.39 is 34.0 Å². The SMILES string of the molecule is O=C(O)C(O)c1cccc([N+](=O)[O-])c1.O=C(O)C(O)c1cccc([N+](=O)[O-])c1. The molecule has 0 aliphatic rings. The summed E-state index contributed by atoms with van der Waals surface area (Å²) in [6.45, 7) is 0. The molecular weight excluding hydrogens is 380 g/mol. The lowest BCUT2D eigenvalue weighted by Gasteiger charge is -2.04. The van der Waals surface area contributed by atoms with Gasteiger partial charge in [-0.15, -0.1) is 0 Å². The third-order valence-corrected chi connectivity index (χ3v) is 3.26. The van der Waals surface area contributed by atoms with Gasteiger partial charge in [-0.05, 0) is 11.1 Å². The number of rotatable bonds is 6. The number of nitrogens with zero attached hydrogens (tertiary/aromatic N) is 2. The molecule has 2 unspecified atom stereocenters. The second-order valence-corrected chi connectivity index (χ2v) is 5.19. The van der Waals surface area contributed by atoms with E-state index in [1.54, 1.807) is 0 Å². The van der Waals surface area contributed by atoms with E-state index in [-0.39, 0.29) is 22.5 Å². The third kappa shape index (κ3) is 6.12. The third-order valence-electron chi connectivity index (χ3n) is 3.26. The Morgan fingerprint density at radius 1 is 0.750 bits per heavy atom. The number of carbonyl (C=O) groups is 2. The summed E-state index contributed by atoms with van der Waals surface area (Å²) in [6, 6.07) is 9.75. The highest BCUT2D eigenvalue weighted by Gasteiger charge is 2.19. The summed E-state index contributed by atoms with van der Waals surface area (Å²) in [6.07, 6.45) is -3.45. The molecule has 0 fully saturated rings. The lowest BCUT2D eigenvalue weighted by atomic mass is 10.1. The zero-order valence-electron chi connectivity index (χ0n) is 13.9. The van der Waals surface area contributed by atoms with Crippen LogP contribution in [0.15, 0.2) is 48.5 Å². The number of aliphatic carboxylic acids is 2. The average Bonchev–Trinajstić information content (AvgIpc) is 2.67. The van der Waals surface area contributed by atoms with Gasteiger partial charge in [0, 0.05) is 24.3 Å². The van der Waals surface area contributed by atoms with Gasteiger partial charge in [0.05, 0.1) is 9.85 Å². The van der Waals surface area contributed by atoms with Crippen molar-refractivity contribution < 1.29 is 39.9 Å². The number of aliphatic hydroxyl groups is 2. The van der Waals surface area contributed by atoms with E-state index in [1.807, 2.05) is 0 Å². The number of non-ortho nitro benzene ring substituents is 2. The summed E-state index contributed by atoms with van der Waals surface area (Å²) in [7, 11) is 0. The highest BCUT2D eigenvalue weighted by atomic mass is 16.6. The molecule has 0 bridgehead atoms. The van der Waals surface area contributed by atoms with Crippen molar-refractivity contribution >= 4 is 23.3 Å². The molecule has 0 amide bonds. The Labute approximate surface area is 156 Å². The maximum Gasteiger partial charge on any atom is 0.337 e. The number of nitro groups is 2. The Morgan fingerprint density at radius 2 is 1.07 bits per heavy atom. The maximum atomic E-state index is 10.4. The molecule has 2 atom stereocenters. The minimum atomic E-state index is -1.73. The molecule has 0 radical (unpaired) electrons. The Hall–Kier alpha value is -3.90. The van der Waals surface area contributed by atoms with E-state index in [9.17, 15) is 29.8 Å². The van der Waals surface area contributed by atoms with Crippen LogP contribution >= 0.6 is 0 Å². The highest BCUT2D eigenvalue weighted by Crippen LogP contribution is 2.20. The van der Waals surface area contributed by atoms with Crippen molar-refractivity contribution in [2.75, 3.05) is 0 Å². The predicted molar refractivity (Wildman–Crippen MR) is 91.4 cm³/mol. The van der Waals surface area contributed by atoms with Gasteiger partial charge in [-0.3, -0.25) is 20.2 Å². The summed E-state index contributed by atoms with van der Waals surface area (Å²) in [5.41, 5.74) is -0.510. The second-order valence-electron chi connectivity index (χ2n) is 5.19. The number of carboxylic acid groups (broad SMARTS) is 2. The first-order valence-corrected chi connectivity index (χ1v) is 7.35. The molecule has 2 aromatic carbocycles. The molecule has 0 spiro atoms. The van der Waals surface area contributed by atoms with Crippen LogP contribution in [0.3, 0.4) is 0 Å². The van der Waals surface area contributed by atoms with Crippen molar-refractivity contribution in [1.82, 2.24) is 0 Å². The van der Waals surface area contributed by atoms with E-state index in [1.165, 1.54) is 36.4 Å². The molecule has 2 rings (SSSR count). The molecule has 148 valence electrons. The van der Waals surface area contributed by atoms with Gasteiger partial charge in [-0.1, -0.05) is 24.3 Å². The van der Waals surface area contributed by atoms with E-state index in [2.05, 4.69) is 0 Å². The monoisotopic (exact) mass is 394 g/mol. The molecule has 0 aliphatic carbocycles. The van der Waals surface area contributed by atoms with Crippen LogP contribution in [0.1, 0.15) is 23.3 Å². The van der Waals surface area contributed by atoms with Crippen molar-refractivity contribution in [3.8, 4) is 0 Å². The summed E-state index contributed by atoms with van der Waals surface area (Å²) in [5.74, 6) is -2.88. The molecule has 2 aromatic rings. The predicted octanol–water partition coefficient (Wildman–Crippen LogP) is 1.43. The van der Waals surface area contributed by atoms with Crippen molar-refractivity contribution in [1.29, 1.82) is 0 Å². The lowest BCUT2D eigenvalue weighted by Crippen LogP contribution is -2.10. The fourth-order valence-corrected chi connectivity index (χ4v) is 1.90.